The van der Waals surface area contributed by atoms with Crippen LogP contribution in [0.2, 0.25) is 0 Å². The third-order valence-electron chi connectivity index (χ3n) is 17.6. The van der Waals surface area contributed by atoms with E-state index in [-0.39, 0.29) is 68.6 Å². The van der Waals surface area contributed by atoms with E-state index in [1.165, 1.54) is 72.3 Å². The van der Waals surface area contributed by atoms with Gasteiger partial charge in [-0.2, -0.15) is 23.5 Å². The van der Waals surface area contributed by atoms with Gasteiger partial charge in [-0.15, -0.1) is 0 Å². The molecule has 4 aliphatic rings. The Morgan fingerprint density at radius 1 is 0.742 bits per heavy atom. The minimum absolute atomic E-state index is 0.0221. The summed E-state index contributed by atoms with van der Waals surface area (Å²) in [6, 6.07) is 0.346. The number of aliphatic carboxylic acids is 1. The number of carboxylic acids is 1. The van der Waals surface area contributed by atoms with Crippen LogP contribution in [0.1, 0.15) is 113 Å². The van der Waals surface area contributed by atoms with Crippen LogP contribution >= 0.6 is 23.5 Å². The number of aromatic amines is 2. The molecule has 4 unspecified atom stereocenters. The Morgan fingerprint density at radius 3 is 2.17 bits per heavy atom. The predicted molar refractivity (Wildman–Crippen MR) is 342 cm³/mol. The highest BCUT2D eigenvalue weighted by Crippen LogP contribution is 2.48. The fourth-order valence-corrected chi connectivity index (χ4v) is 14.7. The van der Waals surface area contributed by atoms with Crippen LogP contribution in [0.15, 0.2) is 61.2 Å². The van der Waals surface area contributed by atoms with Crippen LogP contribution in [0.5, 0.6) is 0 Å². The highest BCUT2D eigenvalue weighted by atomic mass is 32.2. The maximum atomic E-state index is 15.1. The highest BCUT2D eigenvalue weighted by Gasteiger charge is 2.44. The molecule has 2 aliphatic carbocycles. The molecule has 93 heavy (non-hydrogen) atoms. The average molecular weight is 1330 g/mol. The van der Waals surface area contributed by atoms with E-state index in [9.17, 15) is 57.4 Å². The molecule has 3 fully saturated rings. The molecule has 26 nitrogen and oxygen atoms in total. The van der Waals surface area contributed by atoms with E-state index in [1.54, 1.807) is 0 Å². The number of amides is 10. The number of carbonyl (C=O) groups is 11. The summed E-state index contributed by atoms with van der Waals surface area (Å²) in [5, 5.41) is 31.6. The van der Waals surface area contributed by atoms with Gasteiger partial charge >= 0.3 is 5.97 Å². The Hall–Kier alpha value is -8.12. The number of fused-ring (bicyclic) bond motifs is 5. The molecule has 15 N–H and O–H groups in total. The first-order chi connectivity index (χ1) is 44.6. The number of carbonyl (C=O) groups excluding carboxylic acids is 10. The number of H-pyrrole nitrogens is 2. The van der Waals surface area contributed by atoms with Crippen molar-refractivity contribution in [1.82, 2.24) is 62.4 Å². The van der Waals surface area contributed by atoms with E-state index in [1.807, 2.05) is 24.3 Å². The molecule has 2 aromatic carbocycles. The topological polar surface area (TPSA) is 404 Å². The van der Waals surface area contributed by atoms with Crippen molar-refractivity contribution >= 4 is 99.5 Å². The van der Waals surface area contributed by atoms with E-state index in [0.29, 0.717) is 84.5 Å². The van der Waals surface area contributed by atoms with E-state index >= 15 is 9.18 Å². The van der Waals surface area contributed by atoms with Gasteiger partial charge in [-0.25, -0.2) is 13.8 Å². The fraction of sp³-hybridized carbons (Fsp3) is 0.556. The van der Waals surface area contributed by atoms with Crippen molar-refractivity contribution in [3.8, 4) is 0 Å². The van der Waals surface area contributed by atoms with Gasteiger partial charge in [-0.1, -0.05) is 24.3 Å². The number of nitrogens with zero attached hydrogens (tertiary/aromatic N) is 2. The van der Waals surface area contributed by atoms with Gasteiger partial charge in [0.05, 0.1) is 19.3 Å². The average Bonchev–Trinajstić information content (AvgIpc) is 1.79. The second-order valence-corrected chi connectivity index (χ2v) is 26.6. The fourth-order valence-electron chi connectivity index (χ4n) is 12.8. The SMILES string of the molecule is C[C@@H]1NC(=O)[C@H](Cc2cnc[nH]2)NC(=O)[C@H](CC(=O)O)NC(=O)[C@H](Cc2c[nH]c3ccc(F)cc23)NC(=O)[C@H](CC2CCC3CCC(F)CC32)NC(=O)CNC(=O)[C@H](CCCCN)NC(=O)CCSCc2cccc(c2)CSC[C@@H](C(N)=O)NC(=O)[C@@H]2CCCN2C1=O. The van der Waals surface area contributed by atoms with Gasteiger partial charge in [0, 0.05) is 77.8 Å². The van der Waals surface area contributed by atoms with E-state index in [0.717, 1.165) is 17.5 Å². The zero-order valence-corrected chi connectivity index (χ0v) is 53.5. The van der Waals surface area contributed by atoms with Crippen LogP contribution in [0.25, 0.3) is 10.9 Å². The van der Waals surface area contributed by atoms with Crippen molar-refractivity contribution in [2.45, 2.75) is 169 Å². The molecule has 0 spiro atoms. The van der Waals surface area contributed by atoms with Gasteiger partial charge in [0.2, 0.25) is 59.1 Å². The van der Waals surface area contributed by atoms with Crippen molar-refractivity contribution < 1.29 is 66.6 Å². The minimum atomic E-state index is -1.96. The number of rotatable bonds is 13. The standard InChI is InChI=1S/C63H84F2N14O12S2/c1-34-63(91)79-18-5-9-52(79)62(90)78-51(56(67)84)32-93-31-36-7-4-6-35(20-36)30-92-19-16-53(80)73-46(8-2-3-17-66)57(85)70-29-54(81)74-47(21-38-11-10-37-12-13-40(64)23-43(37)38)59(87)75-48(22-39-27-69-45-15-14-41(65)24-44(39)45)60(88)77-50(26-55(82)83)61(89)76-49(58(86)72-34)25-42-28-68-33-71-42/h4,6-7,14-15,20,24,27-28,33-34,37-38,40,43,46-52,69H,2-3,5,8-13,16-19,21-23,25-26,29-32,66H2,1H3,(H2,67,84)(H,68,71)(H,70,85)(H,72,86)(H,73,80)(H,74,81)(H,75,87)(H,76,89)(H,77,88)(H,78,90)(H,82,83)/t34-,37?,38?,40?,43?,46-,47-,48-,49-,50-,51-,52-/m0/s1. The number of primary amides is 1. The van der Waals surface area contributed by atoms with Crippen molar-refractivity contribution in [3.63, 3.8) is 0 Å². The second-order valence-electron chi connectivity index (χ2n) is 24.4. The highest BCUT2D eigenvalue weighted by molar-refractivity contribution is 7.98. The van der Waals surface area contributed by atoms with Gasteiger partial charge < -0.3 is 74.0 Å². The summed E-state index contributed by atoms with van der Waals surface area (Å²) in [4.78, 5) is 165. The first-order valence-corrected chi connectivity index (χ1v) is 33.9. The first kappa shape index (κ1) is 70.7. The molecule has 4 aromatic rings. The van der Waals surface area contributed by atoms with Crippen LogP contribution in [-0.4, -0.2) is 176 Å². The second kappa shape index (κ2) is 34.2. The number of nitrogens with one attached hydrogen (secondary N) is 10. The molecule has 4 heterocycles. The molecule has 30 heteroatoms. The van der Waals surface area contributed by atoms with Gasteiger partial charge in [0.15, 0.2) is 0 Å². The summed E-state index contributed by atoms with van der Waals surface area (Å²) in [6.07, 6.45) is 5.76. The molecular formula is C63H84F2N14O12S2. The monoisotopic (exact) mass is 1330 g/mol. The number of aromatic nitrogens is 3. The van der Waals surface area contributed by atoms with Crippen molar-refractivity contribution in [2.24, 2.45) is 29.2 Å². The zero-order chi connectivity index (χ0) is 66.7. The van der Waals surface area contributed by atoms with Gasteiger partial charge in [-0.3, -0.25) is 52.7 Å². The van der Waals surface area contributed by atoms with E-state index in [4.69, 9.17) is 11.5 Å². The lowest BCUT2D eigenvalue weighted by molar-refractivity contribution is -0.142. The molecule has 2 aliphatic heterocycles. The zero-order valence-electron chi connectivity index (χ0n) is 51.8. The van der Waals surface area contributed by atoms with Crippen LogP contribution in [0.3, 0.4) is 0 Å². The Bertz CT molecular complexity index is 3320. The number of nitrogens with two attached hydrogens (primary N) is 2. The van der Waals surface area contributed by atoms with Crippen molar-refractivity contribution in [2.75, 3.05) is 31.1 Å². The summed E-state index contributed by atoms with van der Waals surface area (Å²) in [7, 11) is 0. The van der Waals surface area contributed by atoms with E-state index < -0.39 is 145 Å². The molecule has 12 atom stereocenters. The Labute approximate surface area is 545 Å². The molecule has 2 aromatic heterocycles. The predicted octanol–water partition coefficient (Wildman–Crippen LogP) is 1.55. The minimum Gasteiger partial charge on any atom is -0.481 e. The van der Waals surface area contributed by atoms with Crippen molar-refractivity contribution in [3.05, 3.63) is 89.4 Å². The number of benzene rings is 2. The number of halogens is 2. The third-order valence-corrected chi connectivity index (χ3v) is 19.8. The Kier molecular flexibility index (Phi) is 26.0. The number of hydrogen-bond donors (Lipinski definition) is 13. The van der Waals surface area contributed by atoms with Crippen LogP contribution in [0, 0.1) is 23.6 Å². The molecule has 0 radical (unpaired) electrons. The number of unbranched alkanes of at least 4 members (excludes halogenated alkanes) is 1. The summed E-state index contributed by atoms with van der Waals surface area (Å²) in [5.74, 6) is -9.18. The summed E-state index contributed by atoms with van der Waals surface area (Å²) in [6.45, 7) is 1.15. The smallest absolute Gasteiger partial charge is 0.305 e. The van der Waals surface area contributed by atoms with Crippen LogP contribution in [-0.2, 0) is 77.1 Å². The maximum Gasteiger partial charge on any atom is 0.305 e. The molecule has 1 saturated heterocycles. The summed E-state index contributed by atoms with van der Waals surface area (Å²) < 4.78 is 30.0. The number of thioether (sulfide) groups is 2. The lowest BCUT2D eigenvalue weighted by Crippen LogP contribution is -2.60. The molecule has 504 valence electrons. The van der Waals surface area contributed by atoms with Crippen molar-refractivity contribution in [1.29, 1.82) is 0 Å². The van der Waals surface area contributed by atoms with Gasteiger partial charge in [0.1, 0.15) is 60.3 Å². The summed E-state index contributed by atoms with van der Waals surface area (Å²) in [5.41, 5.74) is 14.5. The van der Waals surface area contributed by atoms with Crippen LogP contribution in [0.4, 0.5) is 8.78 Å². The first-order valence-electron chi connectivity index (χ1n) is 31.6. The molecular weight excluding hydrogens is 1250 g/mol. The van der Waals surface area contributed by atoms with Gasteiger partial charge in [0.25, 0.3) is 0 Å². The molecule has 8 rings (SSSR count). The lowest BCUT2D eigenvalue weighted by Gasteiger charge is -2.33. The normalized spacial score (nSPS) is 27.6. The third kappa shape index (κ3) is 20.4. The largest absolute Gasteiger partial charge is 0.481 e. The van der Waals surface area contributed by atoms with E-state index in [2.05, 4.69) is 57.5 Å². The molecule has 2 saturated carbocycles. The van der Waals surface area contributed by atoms with Gasteiger partial charge in [-0.05, 0) is 137 Å². The maximum absolute atomic E-state index is 15.1. The Morgan fingerprint density at radius 2 is 1.44 bits per heavy atom. The van der Waals surface area contributed by atoms with Crippen LogP contribution < -0.4 is 54.0 Å². The lowest BCUT2D eigenvalue weighted by atomic mass is 9.75. The number of hydrogen-bond acceptors (Lipinski definition) is 15. The quantitative estimate of drug-likeness (QED) is 0.0845. The summed E-state index contributed by atoms with van der Waals surface area (Å²) >= 11 is 2.84. The molecule has 2 bridgehead atoms. The number of carboxylic acid groups (broad SMARTS) is 1. The number of imidazole rings is 1. The Balaban J connectivity index is 1.09. The number of alkyl halides is 1. The molecule has 10 amide bonds.